The minimum atomic E-state index is -4.11. The second-order valence-corrected chi connectivity index (χ2v) is 7.62. The number of aromatic nitrogens is 2. The summed E-state index contributed by atoms with van der Waals surface area (Å²) in [6.45, 7) is 1.65. The molecule has 0 aliphatic carbocycles. The Balaban J connectivity index is 2.31. The zero-order chi connectivity index (χ0) is 19.3. The van der Waals surface area contributed by atoms with Gasteiger partial charge in [-0.25, -0.2) is 4.79 Å². The van der Waals surface area contributed by atoms with Gasteiger partial charge in [-0.05, 0) is 18.2 Å². The maximum Gasteiger partial charge on any atom is 0.337 e. The molecule has 0 spiro atoms. The monoisotopic (exact) mass is 400 g/mol. The number of rotatable bonds is 7. The van der Waals surface area contributed by atoms with Gasteiger partial charge in [-0.2, -0.15) is 8.42 Å². The normalized spacial score (nSPS) is 10.9. The first-order valence-corrected chi connectivity index (χ1v) is 9.53. The van der Waals surface area contributed by atoms with Gasteiger partial charge in [0, 0.05) is 6.42 Å². The number of anilines is 2. The van der Waals surface area contributed by atoms with Crippen LogP contribution in [-0.4, -0.2) is 44.7 Å². The van der Waals surface area contributed by atoms with Crippen molar-refractivity contribution in [3.63, 3.8) is 0 Å². The van der Waals surface area contributed by atoms with Gasteiger partial charge in [0.05, 0.1) is 25.5 Å². The molecule has 0 saturated heterocycles. The number of ether oxygens (including phenoxy) is 2. The second-order valence-electron chi connectivity index (χ2n) is 4.79. The number of esters is 1. The number of nitrogens with one attached hydrogen (secondary N) is 2. The van der Waals surface area contributed by atoms with Crippen LogP contribution >= 0.6 is 11.3 Å². The fourth-order valence-electron chi connectivity index (χ4n) is 1.80. The third kappa shape index (κ3) is 4.46. The van der Waals surface area contributed by atoms with Gasteiger partial charge in [0.15, 0.2) is 0 Å². The predicted octanol–water partition coefficient (Wildman–Crippen LogP) is 1.48. The zero-order valence-electron chi connectivity index (χ0n) is 14.1. The van der Waals surface area contributed by atoms with E-state index in [4.69, 9.17) is 4.74 Å². The zero-order valence-corrected chi connectivity index (χ0v) is 15.7. The van der Waals surface area contributed by atoms with Crippen molar-refractivity contribution in [2.24, 2.45) is 0 Å². The lowest BCUT2D eigenvalue weighted by molar-refractivity contribution is -0.115. The van der Waals surface area contributed by atoms with Gasteiger partial charge in [-0.1, -0.05) is 18.3 Å². The molecule has 0 saturated carbocycles. The average molecular weight is 400 g/mol. The molecule has 2 N–H and O–H groups in total. The molecule has 1 aromatic heterocycles. The average Bonchev–Trinajstić information content (AvgIpc) is 3.10. The molecule has 140 valence electrons. The van der Waals surface area contributed by atoms with E-state index in [1.54, 1.807) is 6.92 Å². The first kappa shape index (κ1) is 19.6. The Bertz CT molecular complexity index is 925. The molecule has 0 fully saturated rings. The van der Waals surface area contributed by atoms with E-state index < -0.39 is 16.0 Å². The SMILES string of the molecule is CCC(=O)Nc1nnc(S(=O)(=O)Nc2cc(C(=O)OC)ccc2OC)s1. The molecule has 1 heterocycles. The standard InChI is InChI=1S/C14H16N4O6S2/c1-4-11(19)15-13-16-17-14(25-13)26(21,22)18-9-7-8(12(20)24-3)5-6-10(9)23-2/h5-7,18H,4H2,1-3H3,(H,15,16,19). The van der Waals surface area contributed by atoms with Crippen LogP contribution in [0.2, 0.25) is 0 Å². The topological polar surface area (TPSA) is 137 Å². The molecule has 2 rings (SSSR count). The molecular weight excluding hydrogens is 384 g/mol. The Labute approximate surface area is 153 Å². The summed E-state index contributed by atoms with van der Waals surface area (Å²) in [5.41, 5.74) is 0.170. The van der Waals surface area contributed by atoms with Gasteiger partial charge in [-0.15, -0.1) is 10.2 Å². The van der Waals surface area contributed by atoms with Crippen LogP contribution in [-0.2, 0) is 19.6 Å². The van der Waals surface area contributed by atoms with Crippen LogP contribution in [0.25, 0.3) is 0 Å². The summed E-state index contributed by atoms with van der Waals surface area (Å²) in [6, 6.07) is 4.14. The van der Waals surface area contributed by atoms with E-state index in [9.17, 15) is 18.0 Å². The van der Waals surface area contributed by atoms with Crippen molar-refractivity contribution in [3.05, 3.63) is 23.8 Å². The van der Waals surface area contributed by atoms with Crippen LogP contribution in [0.1, 0.15) is 23.7 Å². The lowest BCUT2D eigenvalue weighted by Gasteiger charge is -2.11. The highest BCUT2D eigenvalue weighted by molar-refractivity contribution is 7.94. The summed E-state index contributed by atoms with van der Waals surface area (Å²) in [6.07, 6.45) is 0.220. The maximum absolute atomic E-state index is 12.5. The Morgan fingerprint density at radius 1 is 1.23 bits per heavy atom. The van der Waals surface area contributed by atoms with Gasteiger partial charge in [-0.3, -0.25) is 9.52 Å². The minimum Gasteiger partial charge on any atom is -0.495 e. The van der Waals surface area contributed by atoms with Crippen molar-refractivity contribution in [2.75, 3.05) is 24.3 Å². The lowest BCUT2D eigenvalue weighted by atomic mass is 10.2. The molecule has 1 aromatic carbocycles. The molecule has 0 unspecified atom stereocenters. The van der Waals surface area contributed by atoms with Crippen molar-refractivity contribution in [3.8, 4) is 5.75 Å². The highest BCUT2D eigenvalue weighted by atomic mass is 32.2. The number of carbonyl (C=O) groups is 2. The Kier molecular flexibility index (Phi) is 6.10. The molecule has 0 radical (unpaired) electrons. The van der Waals surface area contributed by atoms with Crippen molar-refractivity contribution in [2.45, 2.75) is 17.7 Å². The summed E-state index contributed by atoms with van der Waals surface area (Å²) >= 11 is 0.694. The van der Waals surface area contributed by atoms with Crippen molar-refractivity contribution in [1.29, 1.82) is 0 Å². The number of amides is 1. The smallest absolute Gasteiger partial charge is 0.337 e. The van der Waals surface area contributed by atoms with Crippen LogP contribution in [0.4, 0.5) is 10.8 Å². The number of sulfonamides is 1. The van der Waals surface area contributed by atoms with Crippen molar-refractivity contribution >= 4 is 44.1 Å². The van der Waals surface area contributed by atoms with E-state index in [1.165, 1.54) is 32.4 Å². The summed E-state index contributed by atoms with van der Waals surface area (Å²) in [5.74, 6) is -0.746. The minimum absolute atomic E-state index is 0.0322. The summed E-state index contributed by atoms with van der Waals surface area (Å²) in [4.78, 5) is 23.0. The van der Waals surface area contributed by atoms with Crippen LogP contribution in [0, 0.1) is 0 Å². The van der Waals surface area contributed by atoms with Gasteiger partial charge in [0.1, 0.15) is 5.75 Å². The van der Waals surface area contributed by atoms with Crippen LogP contribution < -0.4 is 14.8 Å². The quantitative estimate of drug-likeness (QED) is 0.527. The van der Waals surface area contributed by atoms with Crippen LogP contribution in [0.5, 0.6) is 5.75 Å². The van der Waals surface area contributed by atoms with Gasteiger partial charge in [0.25, 0.3) is 14.4 Å². The highest BCUT2D eigenvalue weighted by Gasteiger charge is 2.23. The fraction of sp³-hybridized carbons (Fsp3) is 0.286. The second kappa shape index (κ2) is 8.10. The summed E-state index contributed by atoms with van der Waals surface area (Å²) in [7, 11) is -1.54. The Morgan fingerprint density at radius 2 is 1.96 bits per heavy atom. The summed E-state index contributed by atoms with van der Waals surface area (Å²) < 4.78 is 36.7. The van der Waals surface area contributed by atoms with E-state index in [2.05, 4.69) is 25.0 Å². The van der Waals surface area contributed by atoms with E-state index in [0.717, 1.165) is 0 Å². The number of nitrogens with zero attached hydrogens (tertiary/aromatic N) is 2. The van der Waals surface area contributed by atoms with E-state index in [1.807, 2.05) is 0 Å². The highest BCUT2D eigenvalue weighted by Crippen LogP contribution is 2.29. The van der Waals surface area contributed by atoms with Gasteiger partial charge >= 0.3 is 5.97 Å². The van der Waals surface area contributed by atoms with Gasteiger partial charge in [0.2, 0.25) is 11.0 Å². The third-order valence-electron chi connectivity index (χ3n) is 3.07. The van der Waals surface area contributed by atoms with E-state index in [0.29, 0.717) is 11.3 Å². The predicted molar refractivity (Wildman–Crippen MR) is 94.0 cm³/mol. The molecule has 12 heteroatoms. The summed E-state index contributed by atoms with van der Waals surface area (Å²) in [5, 5.41) is 9.69. The first-order valence-electron chi connectivity index (χ1n) is 7.23. The molecule has 0 bridgehead atoms. The van der Waals surface area contributed by atoms with Crippen LogP contribution in [0.15, 0.2) is 22.5 Å². The molecule has 1 amide bonds. The van der Waals surface area contributed by atoms with E-state index in [-0.39, 0.29) is 38.8 Å². The number of benzene rings is 1. The van der Waals surface area contributed by atoms with E-state index >= 15 is 0 Å². The Hall–Kier alpha value is -2.73. The molecule has 26 heavy (non-hydrogen) atoms. The molecular formula is C14H16N4O6S2. The van der Waals surface area contributed by atoms with Crippen LogP contribution in [0.3, 0.4) is 0 Å². The largest absolute Gasteiger partial charge is 0.495 e. The third-order valence-corrected chi connectivity index (χ3v) is 5.64. The van der Waals surface area contributed by atoms with Gasteiger partial charge < -0.3 is 14.8 Å². The number of hydrogen-bond donors (Lipinski definition) is 2. The molecule has 0 aliphatic rings. The first-order chi connectivity index (χ1) is 12.3. The van der Waals surface area contributed by atoms with Crippen molar-refractivity contribution in [1.82, 2.24) is 10.2 Å². The lowest BCUT2D eigenvalue weighted by Crippen LogP contribution is -2.14. The molecule has 0 aliphatic heterocycles. The number of carbonyl (C=O) groups excluding carboxylic acids is 2. The molecule has 2 aromatic rings. The molecule has 0 atom stereocenters. The fourth-order valence-corrected chi connectivity index (χ4v) is 3.78. The number of hydrogen-bond acceptors (Lipinski definition) is 9. The Morgan fingerprint density at radius 3 is 2.58 bits per heavy atom. The maximum atomic E-state index is 12.5. The molecule has 10 nitrogen and oxygen atoms in total. The van der Waals surface area contributed by atoms with Crippen molar-refractivity contribution < 1.29 is 27.5 Å². The number of methoxy groups -OCH3 is 2.